The number of carbonyl (C=O) groups is 1. The lowest BCUT2D eigenvalue weighted by atomic mass is 9.78. The van der Waals surface area contributed by atoms with Crippen molar-refractivity contribution in [3.05, 3.63) is 28.8 Å². The molecule has 0 unspecified atom stereocenters. The molecule has 0 saturated heterocycles. The van der Waals surface area contributed by atoms with Crippen molar-refractivity contribution in [3.8, 4) is 5.75 Å². The van der Waals surface area contributed by atoms with E-state index in [1.54, 1.807) is 0 Å². The van der Waals surface area contributed by atoms with Crippen LogP contribution in [0.5, 0.6) is 5.75 Å². The molecule has 0 aliphatic carbocycles. The van der Waals surface area contributed by atoms with Crippen LogP contribution in [0, 0.1) is 0 Å². The summed E-state index contributed by atoms with van der Waals surface area (Å²) < 4.78 is 0. The standard InChI is InChI=1S/C15H21O3/c1-14(2,3)10-7-9(13(17)18)8-11(12(10)16)15(4,5)6/h7-8,16H,1-6H3. The second-order valence-corrected chi connectivity index (χ2v) is 6.71. The zero-order chi connectivity index (χ0) is 14.3. The molecular formula is C15H21O3. The van der Waals surface area contributed by atoms with Crippen LogP contribution in [0.25, 0.3) is 0 Å². The van der Waals surface area contributed by atoms with Gasteiger partial charge in [-0.1, -0.05) is 41.5 Å². The maximum Gasteiger partial charge on any atom is 0.386 e. The van der Waals surface area contributed by atoms with Gasteiger partial charge in [-0.05, 0) is 23.0 Å². The predicted octanol–water partition coefficient (Wildman–Crippen LogP) is 3.56. The van der Waals surface area contributed by atoms with Gasteiger partial charge >= 0.3 is 5.97 Å². The smallest absolute Gasteiger partial charge is 0.386 e. The molecule has 3 nitrogen and oxygen atoms in total. The van der Waals surface area contributed by atoms with E-state index in [9.17, 15) is 15.0 Å². The maximum atomic E-state index is 11.1. The van der Waals surface area contributed by atoms with E-state index in [-0.39, 0.29) is 22.1 Å². The van der Waals surface area contributed by atoms with Crippen molar-refractivity contribution in [2.75, 3.05) is 0 Å². The molecule has 0 spiro atoms. The highest BCUT2D eigenvalue weighted by Gasteiger charge is 2.27. The highest BCUT2D eigenvalue weighted by atomic mass is 16.4. The molecule has 0 aromatic heterocycles. The van der Waals surface area contributed by atoms with Crippen molar-refractivity contribution >= 4 is 5.97 Å². The van der Waals surface area contributed by atoms with Crippen molar-refractivity contribution in [3.63, 3.8) is 0 Å². The Morgan fingerprint density at radius 2 is 1.28 bits per heavy atom. The first-order valence-electron chi connectivity index (χ1n) is 6.04. The maximum absolute atomic E-state index is 11.1. The van der Waals surface area contributed by atoms with E-state index >= 15 is 0 Å². The normalized spacial score (nSPS) is 12.6. The molecule has 99 valence electrons. The Balaban J connectivity index is 3.64. The van der Waals surface area contributed by atoms with Gasteiger partial charge in [0.25, 0.3) is 0 Å². The van der Waals surface area contributed by atoms with Gasteiger partial charge in [-0.3, -0.25) is 0 Å². The van der Waals surface area contributed by atoms with E-state index in [1.807, 2.05) is 41.5 Å². The summed E-state index contributed by atoms with van der Waals surface area (Å²) in [4.78, 5) is 11.1. The van der Waals surface area contributed by atoms with Crippen LogP contribution < -0.4 is 0 Å². The van der Waals surface area contributed by atoms with Crippen LogP contribution in [0.15, 0.2) is 12.1 Å². The first-order chi connectivity index (χ1) is 7.94. The summed E-state index contributed by atoms with van der Waals surface area (Å²) >= 11 is 0. The number of aromatic hydroxyl groups is 1. The van der Waals surface area contributed by atoms with E-state index in [0.29, 0.717) is 11.1 Å². The molecule has 1 aromatic carbocycles. The number of hydrogen-bond donors (Lipinski definition) is 1. The molecule has 18 heavy (non-hydrogen) atoms. The van der Waals surface area contributed by atoms with Crippen LogP contribution in [0.1, 0.15) is 63.0 Å². The highest BCUT2D eigenvalue weighted by Crippen LogP contribution is 2.39. The monoisotopic (exact) mass is 249 g/mol. The summed E-state index contributed by atoms with van der Waals surface area (Å²) in [5, 5.41) is 21.4. The minimum Gasteiger partial charge on any atom is -0.507 e. The van der Waals surface area contributed by atoms with Gasteiger partial charge in [0.1, 0.15) is 5.75 Å². The average molecular weight is 249 g/mol. The van der Waals surface area contributed by atoms with Crippen molar-refractivity contribution in [1.29, 1.82) is 0 Å². The predicted molar refractivity (Wildman–Crippen MR) is 70.5 cm³/mol. The minimum absolute atomic E-state index is 0.114. The first-order valence-corrected chi connectivity index (χ1v) is 6.04. The Morgan fingerprint density at radius 1 is 0.944 bits per heavy atom. The molecule has 0 saturated carbocycles. The van der Waals surface area contributed by atoms with Crippen LogP contribution >= 0.6 is 0 Å². The summed E-state index contributed by atoms with van der Waals surface area (Å²) in [6, 6.07) is 3.00. The Bertz CT molecular complexity index is 438. The van der Waals surface area contributed by atoms with Crippen molar-refractivity contribution in [2.45, 2.75) is 52.4 Å². The molecule has 0 bridgehead atoms. The molecule has 0 aliphatic heterocycles. The number of hydrogen-bond acceptors (Lipinski definition) is 2. The van der Waals surface area contributed by atoms with Crippen LogP contribution in [-0.4, -0.2) is 11.1 Å². The number of rotatable bonds is 1. The molecule has 1 rings (SSSR count). The van der Waals surface area contributed by atoms with E-state index in [0.717, 1.165) is 0 Å². The van der Waals surface area contributed by atoms with Crippen molar-refractivity contribution in [2.24, 2.45) is 0 Å². The molecule has 3 heteroatoms. The Hall–Kier alpha value is -1.51. The van der Waals surface area contributed by atoms with Crippen LogP contribution in [0.3, 0.4) is 0 Å². The van der Waals surface area contributed by atoms with Crippen LogP contribution in [0.4, 0.5) is 0 Å². The Kier molecular flexibility index (Phi) is 3.48. The van der Waals surface area contributed by atoms with Gasteiger partial charge in [0.05, 0.1) is 5.56 Å². The van der Waals surface area contributed by atoms with Gasteiger partial charge in [-0.2, -0.15) is 0 Å². The third kappa shape index (κ3) is 2.84. The van der Waals surface area contributed by atoms with Crippen LogP contribution in [-0.2, 0) is 15.9 Å². The van der Waals surface area contributed by atoms with Gasteiger partial charge in [-0.25, -0.2) is 9.90 Å². The van der Waals surface area contributed by atoms with Gasteiger partial charge in [0.15, 0.2) is 0 Å². The number of phenols is 1. The molecule has 0 heterocycles. The molecule has 1 aromatic rings. The van der Waals surface area contributed by atoms with E-state index in [4.69, 9.17) is 0 Å². The zero-order valence-electron chi connectivity index (χ0n) is 11.9. The molecule has 0 fully saturated rings. The fraction of sp³-hybridized carbons (Fsp3) is 0.533. The van der Waals surface area contributed by atoms with Gasteiger partial charge in [-0.15, -0.1) is 0 Å². The van der Waals surface area contributed by atoms with Crippen LogP contribution in [0.2, 0.25) is 0 Å². The van der Waals surface area contributed by atoms with Gasteiger partial charge < -0.3 is 5.11 Å². The summed E-state index contributed by atoms with van der Waals surface area (Å²) in [5.41, 5.74) is 0.733. The lowest BCUT2D eigenvalue weighted by molar-refractivity contribution is 0.0573. The van der Waals surface area contributed by atoms with Gasteiger partial charge in [0, 0.05) is 11.1 Å². The molecule has 0 aliphatic rings. The number of carbonyl (C=O) groups excluding carboxylic acids is 1. The lowest BCUT2D eigenvalue weighted by Crippen LogP contribution is -2.18. The molecule has 0 atom stereocenters. The number of phenolic OH excluding ortho intramolecular Hbond substituents is 1. The zero-order valence-corrected chi connectivity index (χ0v) is 11.9. The summed E-state index contributed by atoms with van der Waals surface area (Å²) in [6.07, 6.45) is 0. The Labute approximate surface area is 108 Å². The van der Waals surface area contributed by atoms with Gasteiger partial charge in [0.2, 0.25) is 0 Å². The second-order valence-electron chi connectivity index (χ2n) is 6.71. The fourth-order valence-corrected chi connectivity index (χ4v) is 1.90. The third-order valence-electron chi connectivity index (χ3n) is 2.96. The molecule has 1 radical (unpaired) electrons. The molecule has 1 N–H and O–H groups in total. The summed E-state index contributed by atoms with van der Waals surface area (Å²) in [5.74, 6) is -1.04. The average Bonchev–Trinajstić information content (AvgIpc) is 2.13. The topological polar surface area (TPSA) is 57.2 Å². The SMILES string of the molecule is CC(C)(C)c1cc(C([O])=O)cc(C(C)(C)C)c1O. The first kappa shape index (κ1) is 14.6. The van der Waals surface area contributed by atoms with E-state index in [2.05, 4.69) is 0 Å². The summed E-state index contributed by atoms with van der Waals surface area (Å²) in [7, 11) is 0. The van der Waals surface area contributed by atoms with Crippen molar-refractivity contribution < 1.29 is 15.0 Å². The summed E-state index contributed by atoms with van der Waals surface area (Å²) in [6.45, 7) is 11.6. The molecule has 0 amide bonds. The van der Waals surface area contributed by atoms with E-state index < -0.39 is 5.97 Å². The largest absolute Gasteiger partial charge is 0.507 e. The third-order valence-corrected chi connectivity index (χ3v) is 2.96. The highest BCUT2D eigenvalue weighted by molar-refractivity contribution is 5.88. The number of benzene rings is 1. The lowest BCUT2D eigenvalue weighted by Gasteiger charge is -2.27. The fourth-order valence-electron chi connectivity index (χ4n) is 1.90. The minimum atomic E-state index is -1.22. The Morgan fingerprint density at radius 3 is 1.50 bits per heavy atom. The van der Waals surface area contributed by atoms with E-state index in [1.165, 1.54) is 12.1 Å². The quantitative estimate of drug-likeness (QED) is 0.827. The molecular weight excluding hydrogens is 228 g/mol. The van der Waals surface area contributed by atoms with Crippen molar-refractivity contribution in [1.82, 2.24) is 0 Å². The second kappa shape index (κ2) is 4.30.